The van der Waals surface area contributed by atoms with Gasteiger partial charge in [-0.3, -0.25) is 9.29 Å². The fourth-order valence-corrected chi connectivity index (χ4v) is 4.32. The predicted octanol–water partition coefficient (Wildman–Crippen LogP) is 3.15. The number of ether oxygens (including phenoxy) is 2. The number of sulfonamides is 1. The van der Waals surface area contributed by atoms with E-state index in [1.807, 2.05) is 0 Å². The van der Waals surface area contributed by atoms with E-state index in [0.717, 1.165) is 12.4 Å². The molecule has 3 heterocycles. The summed E-state index contributed by atoms with van der Waals surface area (Å²) in [6.45, 7) is 3.26. The first-order valence-electron chi connectivity index (χ1n) is 10.4. The van der Waals surface area contributed by atoms with E-state index in [-0.39, 0.29) is 24.0 Å². The third-order valence-electron chi connectivity index (χ3n) is 5.16. The monoisotopic (exact) mass is 502 g/mol. The SMILES string of the molecule is COc1cccc(OC)c1-n1c(NS(=O)(=O)[C@H](C)Cc2ncc(F)cn2)nnc1-c1ccc(C)o1. The van der Waals surface area contributed by atoms with Gasteiger partial charge in [0.15, 0.2) is 11.6 Å². The third-order valence-corrected chi connectivity index (χ3v) is 6.85. The van der Waals surface area contributed by atoms with Crippen LogP contribution in [-0.2, 0) is 16.4 Å². The second-order valence-corrected chi connectivity index (χ2v) is 9.68. The molecule has 13 heteroatoms. The van der Waals surface area contributed by atoms with E-state index in [4.69, 9.17) is 13.9 Å². The molecule has 0 saturated heterocycles. The molecule has 35 heavy (non-hydrogen) atoms. The number of hydrogen-bond donors (Lipinski definition) is 1. The second kappa shape index (κ2) is 9.70. The van der Waals surface area contributed by atoms with Gasteiger partial charge in [-0.05, 0) is 38.1 Å². The van der Waals surface area contributed by atoms with Crippen molar-refractivity contribution in [3.63, 3.8) is 0 Å². The Bertz CT molecular complexity index is 1410. The van der Waals surface area contributed by atoms with E-state index < -0.39 is 21.1 Å². The minimum absolute atomic E-state index is 0.0496. The Morgan fingerprint density at radius 1 is 1.09 bits per heavy atom. The van der Waals surface area contributed by atoms with Crippen LogP contribution < -0.4 is 14.2 Å². The lowest BCUT2D eigenvalue weighted by molar-refractivity contribution is 0.391. The van der Waals surface area contributed by atoms with Gasteiger partial charge >= 0.3 is 0 Å². The number of anilines is 1. The lowest BCUT2D eigenvalue weighted by Gasteiger charge is -2.18. The van der Waals surface area contributed by atoms with E-state index in [9.17, 15) is 12.8 Å². The van der Waals surface area contributed by atoms with Gasteiger partial charge in [0.1, 0.15) is 28.8 Å². The Balaban J connectivity index is 1.79. The fourth-order valence-electron chi connectivity index (χ4n) is 3.37. The van der Waals surface area contributed by atoms with Crippen molar-refractivity contribution in [3.05, 3.63) is 60.1 Å². The van der Waals surface area contributed by atoms with Crippen LogP contribution in [0.4, 0.5) is 10.3 Å². The Labute approximate surface area is 201 Å². The zero-order valence-electron chi connectivity index (χ0n) is 19.4. The first-order chi connectivity index (χ1) is 16.7. The standard InChI is InChI=1S/C22H23FN6O5S/c1-13-8-9-18(34-13)21-26-27-22(29(21)20-16(32-3)6-5-7-17(20)33-4)28-35(30,31)14(2)10-19-24-11-15(23)12-25-19/h5-9,11-12,14H,10H2,1-4H3,(H,27,28)/t14-/m1/s1. The normalized spacial score (nSPS) is 12.4. The van der Waals surface area contributed by atoms with Crippen LogP contribution in [0.15, 0.2) is 47.1 Å². The number of rotatable bonds is 9. The summed E-state index contributed by atoms with van der Waals surface area (Å²) in [7, 11) is -1.05. The zero-order valence-corrected chi connectivity index (χ0v) is 20.2. The first-order valence-corrected chi connectivity index (χ1v) is 12.0. The Morgan fingerprint density at radius 2 is 1.74 bits per heavy atom. The lowest BCUT2D eigenvalue weighted by Crippen LogP contribution is -2.29. The molecule has 0 amide bonds. The number of benzene rings is 1. The molecule has 0 fully saturated rings. The number of para-hydroxylation sites is 1. The van der Waals surface area contributed by atoms with E-state index in [1.54, 1.807) is 37.3 Å². The van der Waals surface area contributed by atoms with Gasteiger partial charge < -0.3 is 13.9 Å². The average Bonchev–Trinajstić information content (AvgIpc) is 3.45. The number of methoxy groups -OCH3 is 2. The first kappa shape index (κ1) is 24.1. The number of aromatic nitrogens is 5. The van der Waals surface area contributed by atoms with Crippen LogP contribution in [0.5, 0.6) is 11.5 Å². The molecule has 0 saturated carbocycles. The highest BCUT2D eigenvalue weighted by molar-refractivity contribution is 7.93. The van der Waals surface area contributed by atoms with Crippen molar-refractivity contribution in [2.45, 2.75) is 25.5 Å². The zero-order chi connectivity index (χ0) is 25.2. The van der Waals surface area contributed by atoms with E-state index in [0.29, 0.717) is 28.7 Å². The largest absolute Gasteiger partial charge is 0.494 e. The second-order valence-electron chi connectivity index (χ2n) is 7.58. The van der Waals surface area contributed by atoms with E-state index in [2.05, 4.69) is 24.9 Å². The number of hydrogen-bond acceptors (Lipinski definition) is 9. The lowest BCUT2D eigenvalue weighted by atomic mass is 10.2. The summed E-state index contributed by atoms with van der Waals surface area (Å²) in [4.78, 5) is 7.68. The minimum atomic E-state index is -4.01. The van der Waals surface area contributed by atoms with Crippen LogP contribution in [-0.4, -0.2) is 52.6 Å². The molecule has 11 nitrogen and oxygen atoms in total. The van der Waals surface area contributed by atoms with Crippen molar-refractivity contribution in [2.75, 3.05) is 18.9 Å². The molecule has 1 atom stereocenters. The molecule has 0 aliphatic carbocycles. The highest BCUT2D eigenvalue weighted by Gasteiger charge is 2.29. The predicted molar refractivity (Wildman–Crippen MR) is 125 cm³/mol. The maximum atomic E-state index is 13.2. The van der Waals surface area contributed by atoms with E-state index >= 15 is 0 Å². The molecule has 0 aliphatic heterocycles. The van der Waals surface area contributed by atoms with Crippen LogP contribution in [0.2, 0.25) is 0 Å². The summed E-state index contributed by atoms with van der Waals surface area (Å²) in [6.07, 6.45) is 1.92. The van der Waals surface area contributed by atoms with Gasteiger partial charge in [0.2, 0.25) is 21.8 Å². The average molecular weight is 503 g/mol. The molecule has 0 unspecified atom stereocenters. The molecule has 4 aromatic rings. The Kier molecular flexibility index (Phi) is 6.69. The Hall–Kier alpha value is -4.00. The maximum absolute atomic E-state index is 13.2. The summed E-state index contributed by atoms with van der Waals surface area (Å²) in [5, 5.41) is 7.29. The van der Waals surface area contributed by atoms with Gasteiger partial charge in [-0.25, -0.2) is 22.8 Å². The van der Waals surface area contributed by atoms with Gasteiger partial charge in [-0.2, -0.15) is 0 Å². The molecule has 0 bridgehead atoms. The molecular weight excluding hydrogens is 479 g/mol. The van der Waals surface area contributed by atoms with Crippen LogP contribution in [0.25, 0.3) is 17.3 Å². The fraction of sp³-hybridized carbons (Fsp3) is 0.273. The van der Waals surface area contributed by atoms with Crippen LogP contribution in [0.3, 0.4) is 0 Å². The summed E-state index contributed by atoms with van der Waals surface area (Å²) < 4.78 is 60.2. The number of nitrogens with zero attached hydrogens (tertiary/aromatic N) is 5. The summed E-state index contributed by atoms with van der Waals surface area (Å²) in [5.74, 6) is 1.48. The third kappa shape index (κ3) is 4.94. The van der Waals surface area contributed by atoms with Crippen molar-refractivity contribution in [3.8, 4) is 28.8 Å². The molecule has 4 rings (SSSR count). The number of furan rings is 1. The maximum Gasteiger partial charge on any atom is 0.243 e. The summed E-state index contributed by atoms with van der Waals surface area (Å²) >= 11 is 0. The topological polar surface area (TPSA) is 134 Å². The highest BCUT2D eigenvalue weighted by atomic mass is 32.2. The molecular formula is C22H23FN6O5S. The highest BCUT2D eigenvalue weighted by Crippen LogP contribution is 2.38. The van der Waals surface area contributed by atoms with Gasteiger partial charge in [0, 0.05) is 6.42 Å². The van der Waals surface area contributed by atoms with Crippen molar-refractivity contribution in [2.24, 2.45) is 0 Å². The molecule has 1 N–H and O–H groups in total. The number of halogens is 1. The van der Waals surface area contributed by atoms with Crippen LogP contribution >= 0.6 is 0 Å². The minimum Gasteiger partial charge on any atom is -0.494 e. The van der Waals surface area contributed by atoms with Crippen molar-refractivity contribution in [1.29, 1.82) is 0 Å². The number of nitrogens with one attached hydrogen (secondary N) is 1. The van der Waals surface area contributed by atoms with Gasteiger partial charge in [-0.15, -0.1) is 10.2 Å². The molecule has 0 radical (unpaired) electrons. The van der Waals surface area contributed by atoms with Gasteiger partial charge in [0.25, 0.3) is 0 Å². The number of aryl methyl sites for hydroxylation is 1. The van der Waals surface area contributed by atoms with E-state index in [1.165, 1.54) is 25.7 Å². The van der Waals surface area contributed by atoms with Crippen molar-refractivity contribution >= 4 is 16.0 Å². The van der Waals surface area contributed by atoms with Crippen molar-refractivity contribution in [1.82, 2.24) is 24.7 Å². The van der Waals surface area contributed by atoms with Gasteiger partial charge in [-0.1, -0.05) is 6.07 Å². The van der Waals surface area contributed by atoms with Crippen LogP contribution in [0.1, 0.15) is 18.5 Å². The molecule has 0 aliphatic rings. The molecule has 0 spiro atoms. The quantitative estimate of drug-likeness (QED) is 0.366. The van der Waals surface area contributed by atoms with Crippen molar-refractivity contribution < 1.29 is 26.7 Å². The van der Waals surface area contributed by atoms with Crippen LogP contribution in [0, 0.1) is 12.7 Å². The summed E-state index contributed by atoms with van der Waals surface area (Å²) in [5.41, 5.74) is 0.374. The van der Waals surface area contributed by atoms with Gasteiger partial charge in [0.05, 0.1) is 31.9 Å². The smallest absolute Gasteiger partial charge is 0.243 e. The molecule has 3 aromatic heterocycles. The Morgan fingerprint density at radius 3 is 2.31 bits per heavy atom. The molecule has 184 valence electrons. The molecule has 1 aromatic carbocycles. The summed E-state index contributed by atoms with van der Waals surface area (Å²) in [6, 6.07) is 8.58.